The first-order chi connectivity index (χ1) is 12.0. The van der Waals surface area contributed by atoms with Crippen molar-refractivity contribution >= 4 is 17.4 Å². The van der Waals surface area contributed by atoms with Crippen molar-refractivity contribution in [2.45, 2.75) is 44.2 Å². The van der Waals surface area contributed by atoms with Crippen LogP contribution in [0.1, 0.15) is 37.7 Å². The summed E-state index contributed by atoms with van der Waals surface area (Å²) in [5, 5.41) is 17.6. The van der Waals surface area contributed by atoms with Gasteiger partial charge in [-0.05, 0) is 30.5 Å². The van der Waals surface area contributed by atoms with Gasteiger partial charge in [-0.2, -0.15) is 5.10 Å². The Kier molecular flexibility index (Phi) is 5.08. The topological polar surface area (TPSA) is 70.4 Å². The molecule has 1 fully saturated rings. The smallest absolute Gasteiger partial charge is 0.228 e. The highest BCUT2D eigenvalue weighted by Gasteiger charge is 2.33. The molecule has 6 nitrogen and oxygen atoms in total. The lowest BCUT2D eigenvalue weighted by atomic mass is 9.98. The Hall–Kier alpha value is -2.34. The number of anilines is 2. The monoisotopic (exact) mass is 342 g/mol. The molecule has 1 aliphatic carbocycles. The Bertz CT molecular complexity index is 715. The van der Waals surface area contributed by atoms with Crippen molar-refractivity contribution in [3.63, 3.8) is 0 Å². The molecule has 1 aliphatic rings. The van der Waals surface area contributed by atoms with Crippen LogP contribution in [0, 0.1) is 0 Å². The number of aromatic nitrogens is 2. The van der Waals surface area contributed by atoms with Crippen LogP contribution in [0.25, 0.3) is 0 Å². The summed E-state index contributed by atoms with van der Waals surface area (Å²) >= 11 is 0. The largest absolute Gasteiger partial charge is 0.389 e. The number of carbonyl (C=O) groups excluding carboxylic acids is 1. The SMILES string of the molecule is CN(C)c1ccc(Cn2nccc2NC(=O)CC2(O)CCCC2)cc1. The van der Waals surface area contributed by atoms with Gasteiger partial charge in [0.1, 0.15) is 5.82 Å². The Morgan fingerprint density at radius 3 is 2.56 bits per heavy atom. The molecule has 1 saturated carbocycles. The second-order valence-corrected chi connectivity index (χ2v) is 7.09. The van der Waals surface area contributed by atoms with Gasteiger partial charge in [0.25, 0.3) is 0 Å². The fraction of sp³-hybridized carbons (Fsp3) is 0.474. The second-order valence-electron chi connectivity index (χ2n) is 7.09. The summed E-state index contributed by atoms with van der Waals surface area (Å²) in [7, 11) is 4.02. The fourth-order valence-corrected chi connectivity index (χ4v) is 3.33. The quantitative estimate of drug-likeness (QED) is 0.847. The maximum atomic E-state index is 12.3. The molecule has 1 heterocycles. The zero-order chi connectivity index (χ0) is 17.9. The molecule has 0 bridgehead atoms. The van der Waals surface area contributed by atoms with E-state index in [1.807, 2.05) is 14.1 Å². The average molecular weight is 342 g/mol. The molecule has 1 amide bonds. The van der Waals surface area contributed by atoms with E-state index in [9.17, 15) is 9.90 Å². The molecule has 134 valence electrons. The minimum absolute atomic E-state index is 0.149. The van der Waals surface area contributed by atoms with Crippen molar-refractivity contribution in [3.05, 3.63) is 42.1 Å². The number of benzene rings is 1. The van der Waals surface area contributed by atoms with Gasteiger partial charge in [-0.3, -0.25) is 4.79 Å². The predicted molar refractivity (Wildman–Crippen MR) is 98.8 cm³/mol. The van der Waals surface area contributed by atoms with E-state index in [4.69, 9.17) is 0 Å². The third kappa shape index (κ3) is 4.39. The number of amides is 1. The summed E-state index contributed by atoms with van der Waals surface area (Å²) in [6, 6.07) is 10.0. The van der Waals surface area contributed by atoms with Crippen molar-refractivity contribution in [1.29, 1.82) is 0 Å². The van der Waals surface area contributed by atoms with Crippen LogP contribution in [0.4, 0.5) is 11.5 Å². The number of carbonyl (C=O) groups is 1. The maximum Gasteiger partial charge on any atom is 0.228 e. The number of hydrogen-bond acceptors (Lipinski definition) is 4. The lowest BCUT2D eigenvalue weighted by Gasteiger charge is -2.21. The number of hydrogen-bond donors (Lipinski definition) is 2. The molecule has 0 saturated heterocycles. The van der Waals surface area contributed by atoms with Gasteiger partial charge < -0.3 is 15.3 Å². The van der Waals surface area contributed by atoms with E-state index < -0.39 is 5.60 Å². The molecule has 2 N–H and O–H groups in total. The molecule has 0 unspecified atom stereocenters. The highest BCUT2D eigenvalue weighted by Crippen LogP contribution is 2.32. The number of nitrogens with zero attached hydrogens (tertiary/aromatic N) is 3. The molecule has 1 aromatic carbocycles. The molecule has 0 spiro atoms. The van der Waals surface area contributed by atoms with Crippen LogP contribution >= 0.6 is 0 Å². The van der Waals surface area contributed by atoms with Gasteiger partial charge in [-0.25, -0.2) is 4.68 Å². The molecule has 0 atom stereocenters. The minimum atomic E-state index is -0.836. The molecule has 2 aromatic rings. The highest BCUT2D eigenvalue weighted by atomic mass is 16.3. The molecule has 1 aromatic heterocycles. The summed E-state index contributed by atoms with van der Waals surface area (Å²) in [6.07, 6.45) is 5.22. The van der Waals surface area contributed by atoms with Crippen molar-refractivity contribution in [3.8, 4) is 0 Å². The average Bonchev–Trinajstić information content (AvgIpc) is 3.17. The lowest BCUT2D eigenvalue weighted by Crippen LogP contribution is -2.31. The Morgan fingerprint density at radius 1 is 1.24 bits per heavy atom. The molecule has 0 radical (unpaired) electrons. The molecule has 6 heteroatoms. The summed E-state index contributed by atoms with van der Waals surface area (Å²) in [4.78, 5) is 14.3. The van der Waals surface area contributed by atoms with E-state index in [1.165, 1.54) is 0 Å². The number of aliphatic hydroxyl groups is 1. The lowest BCUT2D eigenvalue weighted by molar-refractivity contribution is -0.120. The van der Waals surface area contributed by atoms with Gasteiger partial charge in [0, 0.05) is 25.8 Å². The Morgan fingerprint density at radius 2 is 1.92 bits per heavy atom. The van der Waals surface area contributed by atoms with Crippen LogP contribution in [0.15, 0.2) is 36.5 Å². The van der Waals surface area contributed by atoms with Crippen molar-refractivity contribution in [2.75, 3.05) is 24.3 Å². The van der Waals surface area contributed by atoms with Crippen LogP contribution in [0.2, 0.25) is 0 Å². The van der Waals surface area contributed by atoms with Crippen LogP contribution in [0.5, 0.6) is 0 Å². The Labute approximate surface area is 148 Å². The third-order valence-electron chi connectivity index (χ3n) is 4.79. The minimum Gasteiger partial charge on any atom is -0.389 e. The van der Waals surface area contributed by atoms with Crippen molar-refractivity contribution in [2.24, 2.45) is 0 Å². The molecule has 25 heavy (non-hydrogen) atoms. The van der Waals surface area contributed by atoms with Gasteiger partial charge in [-0.1, -0.05) is 25.0 Å². The number of rotatable bonds is 6. The summed E-state index contributed by atoms with van der Waals surface area (Å²) in [5.41, 5.74) is 1.42. The first-order valence-corrected chi connectivity index (χ1v) is 8.75. The van der Waals surface area contributed by atoms with E-state index >= 15 is 0 Å². The summed E-state index contributed by atoms with van der Waals surface area (Å²) < 4.78 is 1.77. The standard InChI is InChI=1S/C19H26N4O2/c1-22(2)16-7-5-15(6-8-16)14-23-17(9-12-20-23)21-18(24)13-19(25)10-3-4-11-19/h5-9,12,25H,3-4,10-11,13-14H2,1-2H3,(H,21,24). The third-order valence-corrected chi connectivity index (χ3v) is 4.79. The first kappa shape index (κ1) is 17.5. The van der Waals surface area contributed by atoms with E-state index in [1.54, 1.807) is 16.9 Å². The van der Waals surface area contributed by atoms with Crippen LogP contribution in [-0.4, -0.2) is 40.5 Å². The van der Waals surface area contributed by atoms with Gasteiger partial charge in [0.15, 0.2) is 0 Å². The van der Waals surface area contributed by atoms with Gasteiger partial charge in [0.05, 0.1) is 24.8 Å². The first-order valence-electron chi connectivity index (χ1n) is 8.75. The van der Waals surface area contributed by atoms with E-state index in [-0.39, 0.29) is 12.3 Å². The highest BCUT2D eigenvalue weighted by molar-refractivity contribution is 5.90. The van der Waals surface area contributed by atoms with E-state index in [2.05, 4.69) is 39.6 Å². The summed E-state index contributed by atoms with van der Waals surface area (Å²) in [6.45, 7) is 0.584. The van der Waals surface area contributed by atoms with Crippen LogP contribution < -0.4 is 10.2 Å². The second kappa shape index (κ2) is 7.27. The summed E-state index contributed by atoms with van der Waals surface area (Å²) in [5.74, 6) is 0.498. The van der Waals surface area contributed by atoms with E-state index in [0.717, 1.165) is 24.1 Å². The molecule has 0 aliphatic heterocycles. The normalized spacial score (nSPS) is 16.0. The maximum absolute atomic E-state index is 12.3. The van der Waals surface area contributed by atoms with E-state index in [0.29, 0.717) is 25.2 Å². The van der Waals surface area contributed by atoms with Gasteiger partial charge in [0.2, 0.25) is 5.91 Å². The molecule has 3 rings (SSSR count). The molecular weight excluding hydrogens is 316 g/mol. The van der Waals surface area contributed by atoms with Crippen LogP contribution in [-0.2, 0) is 11.3 Å². The van der Waals surface area contributed by atoms with Crippen molar-refractivity contribution in [1.82, 2.24) is 9.78 Å². The van der Waals surface area contributed by atoms with Gasteiger partial charge in [-0.15, -0.1) is 0 Å². The number of nitrogens with one attached hydrogen (secondary N) is 1. The van der Waals surface area contributed by atoms with Gasteiger partial charge >= 0.3 is 0 Å². The Balaban J connectivity index is 1.63. The fourth-order valence-electron chi connectivity index (χ4n) is 3.33. The van der Waals surface area contributed by atoms with Crippen molar-refractivity contribution < 1.29 is 9.90 Å². The predicted octanol–water partition coefficient (Wildman–Crippen LogP) is 2.63. The van der Waals surface area contributed by atoms with Crippen LogP contribution in [0.3, 0.4) is 0 Å². The zero-order valence-corrected chi connectivity index (χ0v) is 14.9. The molecular formula is C19H26N4O2. The zero-order valence-electron chi connectivity index (χ0n) is 14.9.